The summed E-state index contributed by atoms with van der Waals surface area (Å²) in [5, 5.41) is 3.48. The molecule has 1 aliphatic heterocycles. The number of halogens is 1. The van der Waals surface area contributed by atoms with E-state index < -0.39 is 0 Å². The number of piperazine rings is 1. The molecule has 0 saturated carbocycles. The summed E-state index contributed by atoms with van der Waals surface area (Å²) >= 11 is 6.15. The first-order valence-corrected chi connectivity index (χ1v) is 10.7. The number of amides is 1. The summed E-state index contributed by atoms with van der Waals surface area (Å²) in [6, 6.07) is 26.0. The van der Waals surface area contributed by atoms with Gasteiger partial charge in [0.2, 0.25) is 0 Å². The average molecular weight is 420 g/mol. The Morgan fingerprint density at radius 2 is 1.43 bits per heavy atom. The van der Waals surface area contributed by atoms with Gasteiger partial charge in [-0.15, -0.1) is 0 Å². The number of benzene rings is 3. The van der Waals surface area contributed by atoms with Crippen molar-refractivity contribution in [1.82, 2.24) is 10.2 Å². The Morgan fingerprint density at radius 3 is 2.17 bits per heavy atom. The maximum Gasteiger partial charge on any atom is 0.253 e. The minimum Gasteiger partial charge on any atom is -0.369 e. The van der Waals surface area contributed by atoms with Crippen molar-refractivity contribution in [2.45, 2.75) is 13.1 Å². The van der Waals surface area contributed by atoms with Crippen LogP contribution in [0.4, 0.5) is 5.69 Å². The number of carbonyl (C=O) groups is 1. The minimum absolute atomic E-state index is 0.146. The summed E-state index contributed by atoms with van der Waals surface area (Å²) < 4.78 is 0. The van der Waals surface area contributed by atoms with Crippen molar-refractivity contribution in [1.29, 1.82) is 0 Å². The number of nitrogens with one attached hydrogen (secondary N) is 1. The lowest BCUT2D eigenvalue weighted by Crippen LogP contribution is -2.46. The smallest absolute Gasteiger partial charge is 0.253 e. The van der Waals surface area contributed by atoms with Crippen LogP contribution < -0.4 is 10.2 Å². The highest BCUT2D eigenvalue weighted by atomic mass is 35.5. The van der Waals surface area contributed by atoms with Crippen LogP contribution >= 0.6 is 11.6 Å². The fourth-order valence-corrected chi connectivity index (χ4v) is 4.07. The summed E-state index contributed by atoms with van der Waals surface area (Å²) in [7, 11) is 0. The van der Waals surface area contributed by atoms with E-state index in [1.165, 1.54) is 11.3 Å². The van der Waals surface area contributed by atoms with Crippen molar-refractivity contribution in [3.05, 3.63) is 101 Å². The van der Waals surface area contributed by atoms with Gasteiger partial charge in [0.1, 0.15) is 0 Å². The first-order chi connectivity index (χ1) is 14.7. The monoisotopic (exact) mass is 419 g/mol. The first kappa shape index (κ1) is 20.5. The van der Waals surface area contributed by atoms with Gasteiger partial charge in [0.25, 0.3) is 5.91 Å². The van der Waals surface area contributed by atoms with Crippen LogP contribution in [0.15, 0.2) is 78.9 Å². The van der Waals surface area contributed by atoms with Gasteiger partial charge in [-0.25, -0.2) is 0 Å². The minimum atomic E-state index is -0.146. The molecule has 0 radical (unpaired) electrons. The Balaban J connectivity index is 1.35. The van der Waals surface area contributed by atoms with Gasteiger partial charge in [0.05, 0.1) is 10.6 Å². The third-order valence-corrected chi connectivity index (χ3v) is 5.89. The molecular weight excluding hydrogens is 394 g/mol. The second kappa shape index (κ2) is 9.79. The fraction of sp³-hybridized carbons (Fsp3) is 0.240. The van der Waals surface area contributed by atoms with E-state index in [4.69, 9.17) is 11.6 Å². The van der Waals surface area contributed by atoms with Gasteiger partial charge < -0.3 is 10.2 Å². The molecule has 0 unspecified atom stereocenters. The van der Waals surface area contributed by atoms with E-state index in [-0.39, 0.29) is 5.91 Å². The molecule has 1 amide bonds. The maximum absolute atomic E-state index is 12.5. The molecule has 1 N–H and O–H groups in total. The molecule has 3 aromatic carbocycles. The third kappa shape index (κ3) is 5.02. The summed E-state index contributed by atoms with van der Waals surface area (Å²) in [6.45, 7) is 5.47. The van der Waals surface area contributed by atoms with Crippen LogP contribution in [0.25, 0.3) is 0 Å². The van der Waals surface area contributed by atoms with Crippen LogP contribution in [0.3, 0.4) is 0 Å². The van der Waals surface area contributed by atoms with Crippen molar-refractivity contribution in [2.75, 3.05) is 31.1 Å². The molecule has 4 rings (SSSR count). The lowest BCUT2D eigenvalue weighted by molar-refractivity contribution is 0.0951. The Bertz CT molecular complexity index is 984. The molecule has 5 heteroatoms. The van der Waals surface area contributed by atoms with Crippen molar-refractivity contribution < 1.29 is 4.79 Å². The summed E-state index contributed by atoms with van der Waals surface area (Å²) in [6.07, 6.45) is 0. The standard InChI is InChI=1S/C25H26ClN3O/c26-24-13-7-6-12-23(24)25(30)27-18-20-8-4-5-9-21(20)19-28-14-16-29(17-15-28)22-10-2-1-3-11-22/h1-13H,14-19H2,(H,27,30). The van der Waals surface area contributed by atoms with Gasteiger partial charge in [-0.2, -0.15) is 0 Å². The second-order valence-electron chi connectivity index (χ2n) is 7.53. The van der Waals surface area contributed by atoms with E-state index in [1.54, 1.807) is 12.1 Å². The van der Waals surface area contributed by atoms with Crippen LogP contribution in [-0.2, 0) is 13.1 Å². The maximum atomic E-state index is 12.5. The normalized spacial score (nSPS) is 14.5. The van der Waals surface area contributed by atoms with E-state index in [1.807, 2.05) is 18.2 Å². The lowest BCUT2D eigenvalue weighted by Gasteiger charge is -2.36. The fourth-order valence-electron chi connectivity index (χ4n) is 3.84. The van der Waals surface area contributed by atoms with E-state index in [9.17, 15) is 4.79 Å². The summed E-state index contributed by atoms with van der Waals surface area (Å²) in [4.78, 5) is 17.4. The van der Waals surface area contributed by atoms with Crippen molar-refractivity contribution in [2.24, 2.45) is 0 Å². The zero-order valence-electron chi connectivity index (χ0n) is 16.9. The third-order valence-electron chi connectivity index (χ3n) is 5.56. The molecular formula is C25H26ClN3O. The molecule has 0 bridgehead atoms. The van der Waals surface area contributed by atoms with Gasteiger partial charge in [0, 0.05) is 45.0 Å². The average Bonchev–Trinajstić information content (AvgIpc) is 2.80. The van der Waals surface area contributed by atoms with Crippen molar-refractivity contribution in [3.63, 3.8) is 0 Å². The first-order valence-electron chi connectivity index (χ1n) is 10.3. The molecule has 0 aliphatic carbocycles. The highest BCUT2D eigenvalue weighted by molar-refractivity contribution is 6.33. The van der Waals surface area contributed by atoms with Crippen LogP contribution in [0.5, 0.6) is 0 Å². The van der Waals surface area contributed by atoms with E-state index in [0.717, 1.165) is 38.3 Å². The molecule has 0 spiro atoms. The summed E-state index contributed by atoms with van der Waals surface area (Å²) in [5.74, 6) is -0.146. The number of carbonyl (C=O) groups excluding carboxylic acids is 1. The quantitative estimate of drug-likeness (QED) is 0.634. The molecule has 1 fully saturated rings. The highest BCUT2D eigenvalue weighted by Gasteiger charge is 2.18. The number of nitrogens with zero attached hydrogens (tertiary/aromatic N) is 2. The SMILES string of the molecule is O=C(NCc1ccccc1CN1CCN(c2ccccc2)CC1)c1ccccc1Cl. The number of hydrogen-bond donors (Lipinski definition) is 1. The van der Waals surface area contributed by atoms with E-state index in [0.29, 0.717) is 17.1 Å². The Kier molecular flexibility index (Phi) is 6.67. The Hall–Kier alpha value is -2.82. The van der Waals surface area contributed by atoms with Gasteiger partial charge in [-0.3, -0.25) is 9.69 Å². The van der Waals surface area contributed by atoms with Crippen molar-refractivity contribution in [3.8, 4) is 0 Å². The molecule has 30 heavy (non-hydrogen) atoms. The van der Waals surface area contributed by atoms with Crippen LogP contribution in [0, 0.1) is 0 Å². The summed E-state index contributed by atoms with van der Waals surface area (Å²) in [5.41, 5.74) is 4.20. The molecule has 4 nitrogen and oxygen atoms in total. The lowest BCUT2D eigenvalue weighted by atomic mass is 10.1. The largest absolute Gasteiger partial charge is 0.369 e. The van der Waals surface area contributed by atoms with Gasteiger partial charge in [0.15, 0.2) is 0 Å². The van der Waals surface area contributed by atoms with Gasteiger partial charge in [-0.05, 0) is 35.4 Å². The number of rotatable bonds is 6. The number of para-hydroxylation sites is 1. The van der Waals surface area contributed by atoms with E-state index in [2.05, 4.69) is 63.6 Å². The molecule has 1 saturated heterocycles. The predicted octanol–water partition coefficient (Wildman–Crippen LogP) is 4.59. The van der Waals surface area contributed by atoms with Crippen molar-refractivity contribution >= 4 is 23.2 Å². The molecule has 0 aromatic heterocycles. The Labute approximate surface area is 183 Å². The number of anilines is 1. The van der Waals surface area contributed by atoms with E-state index >= 15 is 0 Å². The van der Waals surface area contributed by atoms with Gasteiger partial charge >= 0.3 is 0 Å². The Morgan fingerprint density at radius 1 is 0.800 bits per heavy atom. The second-order valence-corrected chi connectivity index (χ2v) is 7.94. The van der Waals surface area contributed by atoms with Crippen LogP contribution in [0.2, 0.25) is 5.02 Å². The number of hydrogen-bond acceptors (Lipinski definition) is 3. The highest BCUT2D eigenvalue weighted by Crippen LogP contribution is 2.19. The topological polar surface area (TPSA) is 35.6 Å². The molecule has 1 heterocycles. The van der Waals surface area contributed by atoms with Gasteiger partial charge in [-0.1, -0.05) is 66.2 Å². The molecule has 1 aliphatic rings. The predicted molar refractivity (Wildman–Crippen MR) is 123 cm³/mol. The zero-order valence-corrected chi connectivity index (χ0v) is 17.7. The molecule has 154 valence electrons. The molecule has 0 atom stereocenters. The molecule has 3 aromatic rings. The van der Waals surface area contributed by atoms with Crippen LogP contribution in [0.1, 0.15) is 21.5 Å². The van der Waals surface area contributed by atoms with Crippen LogP contribution in [-0.4, -0.2) is 37.0 Å². The zero-order chi connectivity index (χ0) is 20.8.